The molecule has 0 spiro atoms. The van der Waals surface area contributed by atoms with Crippen LogP contribution in [0.1, 0.15) is 12.8 Å². The van der Waals surface area contributed by atoms with Crippen molar-refractivity contribution in [1.82, 2.24) is 20.2 Å². The number of anilines is 1. The van der Waals surface area contributed by atoms with Crippen LogP contribution in [0.3, 0.4) is 0 Å². The molecule has 1 atom stereocenters. The first-order valence-corrected chi connectivity index (χ1v) is 7.37. The Morgan fingerprint density at radius 2 is 1.90 bits per heavy atom. The zero-order valence-electron chi connectivity index (χ0n) is 11.9. The molecular weight excluding hydrogens is 274 g/mol. The zero-order chi connectivity index (χ0) is 12.9. The van der Waals surface area contributed by atoms with Gasteiger partial charge in [0.25, 0.3) is 0 Å². The third kappa shape index (κ3) is 4.04. The Labute approximate surface area is 127 Å². The van der Waals surface area contributed by atoms with Crippen molar-refractivity contribution < 1.29 is 0 Å². The van der Waals surface area contributed by atoms with Gasteiger partial charge in [0.2, 0.25) is 5.95 Å². The molecule has 0 saturated carbocycles. The van der Waals surface area contributed by atoms with E-state index in [9.17, 15) is 0 Å². The van der Waals surface area contributed by atoms with Crippen LogP contribution in [0.5, 0.6) is 0 Å². The molecule has 112 valence electrons. The van der Waals surface area contributed by atoms with Gasteiger partial charge in [-0.3, -0.25) is 4.90 Å². The SMILES string of the molecule is Cl.c1cnc(N2CCN(CC3CCCNC3)CC2)nc1. The van der Waals surface area contributed by atoms with E-state index in [1.165, 1.54) is 32.5 Å². The van der Waals surface area contributed by atoms with Gasteiger partial charge in [-0.25, -0.2) is 9.97 Å². The molecule has 3 heterocycles. The normalized spacial score (nSPS) is 24.2. The standard InChI is InChI=1S/C14H23N5.ClH/c1-3-13(11-15-4-1)12-18-7-9-19(10-8-18)14-16-5-2-6-17-14;/h2,5-6,13,15H,1,3-4,7-12H2;1H. The summed E-state index contributed by atoms with van der Waals surface area (Å²) < 4.78 is 0. The van der Waals surface area contributed by atoms with Crippen LogP contribution < -0.4 is 10.2 Å². The second-order valence-corrected chi connectivity index (χ2v) is 5.55. The number of nitrogens with zero attached hydrogens (tertiary/aromatic N) is 4. The lowest BCUT2D eigenvalue weighted by Crippen LogP contribution is -2.49. The Hall–Kier alpha value is -0.910. The van der Waals surface area contributed by atoms with Gasteiger partial charge < -0.3 is 10.2 Å². The van der Waals surface area contributed by atoms with Gasteiger partial charge in [0.15, 0.2) is 0 Å². The number of aromatic nitrogens is 2. The Bertz CT molecular complexity index is 374. The summed E-state index contributed by atoms with van der Waals surface area (Å²) in [6.45, 7) is 8.01. The van der Waals surface area contributed by atoms with Crippen molar-refractivity contribution in [2.45, 2.75) is 12.8 Å². The summed E-state index contributed by atoms with van der Waals surface area (Å²) in [4.78, 5) is 13.5. The number of hydrogen-bond acceptors (Lipinski definition) is 5. The molecule has 0 amide bonds. The highest BCUT2D eigenvalue weighted by molar-refractivity contribution is 5.85. The Kier molecular flexibility index (Phi) is 6.01. The fourth-order valence-electron chi connectivity index (χ4n) is 3.03. The number of piperazine rings is 1. The van der Waals surface area contributed by atoms with E-state index in [-0.39, 0.29) is 12.4 Å². The lowest BCUT2D eigenvalue weighted by atomic mass is 9.99. The summed E-state index contributed by atoms with van der Waals surface area (Å²) in [6.07, 6.45) is 6.36. The summed E-state index contributed by atoms with van der Waals surface area (Å²) in [7, 11) is 0. The van der Waals surface area contributed by atoms with Gasteiger partial charge in [-0.05, 0) is 37.9 Å². The Morgan fingerprint density at radius 1 is 1.15 bits per heavy atom. The Balaban J connectivity index is 0.00000147. The van der Waals surface area contributed by atoms with Crippen molar-refractivity contribution in [2.75, 3.05) is 50.7 Å². The second-order valence-electron chi connectivity index (χ2n) is 5.55. The average molecular weight is 298 g/mol. The zero-order valence-corrected chi connectivity index (χ0v) is 12.7. The molecule has 2 aliphatic rings. The number of piperidine rings is 1. The summed E-state index contributed by atoms with van der Waals surface area (Å²) in [5, 5.41) is 3.50. The highest BCUT2D eigenvalue weighted by Crippen LogP contribution is 2.15. The van der Waals surface area contributed by atoms with E-state index in [2.05, 4.69) is 25.1 Å². The minimum Gasteiger partial charge on any atom is -0.338 e. The molecule has 2 saturated heterocycles. The second kappa shape index (κ2) is 7.76. The van der Waals surface area contributed by atoms with Crippen LogP contribution in [0.25, 0.3) is 0 Å². The predicted molar refractivity (Wildman–Crippen MR) is 83.5 cm³/mol. The summed E-state index contributed by atoms with van der Waals surface area (Å²) in [5.41, 5.74) is 0. The first kappa shape index (κ1) is 15.5. The first-order valence-electron chi connectivity index (χ1n) is 7.37. The lowest BCUT2D eigenvalue weighted by Gasteiger charge is -2.37. The molecule has 2 aliphatic heterocycles. The highest BCUT2D eigenvalue weighted by atomic mass is 35.5. The van der Waals surface area contributed by atoms with Gasteiger partial charge in [0, 0.05) is 45.1 Å². The molecule has 1 aromatic heterocycles. The third-order valence-electron chi connectivity index (χ3n) is 4.12. The van der Waals surface area contributed by atoms with Gasteiger partial charge in [-0.15, -0.1) is 12.4 Å². The van der Waals surface area contributed by atoms with E-state index in [1.807, 2.05) is 18.5 Å². The maximum atomic E-state index is 4.33. The maximum absolute atomic E-state index is 4.33. The van der Waals surface area contributed by atoms with Gasteiger partial charge >= 0.3 is 0 Å². The molecular formula is C14H24ClN5. The Morgan fingerprint density at radius 3 is 2.55 bits per heavy atom. The molecule has 0 radical (unpaired) electrons. The largest absolute Gasteiger partial charge is 0.338 e. The van der Waals surface area contributed by atoms with Crippen molar-refractivity contribution in [3.8, 4) is 0 Å². The maximum Gasteiger partial charge on any atom is 0.225 e. The van der Waals surface area contributed by atoms with Crippen LogP contribution in [0.4, 0.5) is 5.95 Å². The first-order chi connectivity index (χ1) is 9.42. The molecule has 5 nitrogen and oxygen atoms in total. The van der Waals surface area contributed by atoms with Gasteiger partial charge in [-0.1, -0.05) is 0 Å². The fraction of sp³-hybridized carbons (Fsp3) is 0.714. The van der Waals surface area contributed by atoms with E-state index in [0.717, 1.165) is 38.0 Å². The van der Waals surface area contributed by atoms with Gasteiger partial charge in [0.1, 0.15) is 0 Å². The number of hydrogen-bond donors (Lipinski definition) is 1. The smallest absolute Gasteiger partial charge is 0.225 e. The molecule has 1 unspecified atom stereocenters. The molecule has 1 N–H and O–H groups in total. The molecule has 0 bridgehead atoms. The third-order valence-corrected chi connectivity index (χ3v) is 4.12. The summed E-state index contributed by atoms with van der Waals surface area (Å²) >= 11 is 0. The molecule has 0 aliphatic carbocycles. The molecule has 20 heavy (non-hydrogen) atoms. The van der Waals surface area contributed by atoms with Crippen LogP contribution in [0.2, 0.25) is 0 Å². The number of halogens is 1. The van der Waals surface area contributed by atoms with Crippen molar-refractivity contribution in [3.63, 3.8) is 0 Å². The van der Waals surface area contributed by atoms with Gasteiger partial charge in [0.05, 0.1) is 0 Å². The fourth-order valence-corrected chi connectivity index (χ4v) is 3.03. The van der Waals surface area contributed by atoms with Crippen LogP contribution in [-0.4, -0.2) is 60.7 Å². The molecule has 0 aromatic carbocycles. The number of rotatable bonds is 3. The highest BCUT2D eigenvalue weighted by Gasteiger charge is 2.22. The van der Waals surface area contributed by atoms with Crippen molar-refractivity contribution >= 4 is 18.4 Å². The van der Waals surface area contributed by atoms with Crippen molar-refractivity contribution in [1.29, 1.82) is 0 Å². The van der Waals surface area contributed by atoms with E-state index in [0.29, 0.717) is 0 Å². The summed E-state index contributed by atoms with van der Waals surface area (Å²) in [6, 6.07) is 1.87. The van der Waals surface area contributed by atoms with E-state index in [1.54, 1.807) is 0 Å². The lowest BCUT2D eigenvalue weighted by molar-refractivity contribution is 0.198. The molecule has 2 fully saturated rings. The monoisotopic (exact) mass is 297 g/mol. The van der Waals surface area contributed by atoms with E-state index < -0.39 is 0 Å². The van der Waals surface area contributed by atoms with Crippen LogP contribution in [-0.2, 0) is 0 Å². The molecule has 6 heteroatoms. The predicted octanol–water partition coefficient (Wildman–Crippen LogP) is 1.02. The van der Waals surface area contributed by atoms with E-state index >= 15 is 0 Å². The van der Waals surface area contributed by atoms with Crippen molar-refractivity contribution in [2.24, 2.45) is 5.92 Å². The molecule has 1 aromatic rings. The minimum absolute atomic E-state index is 0. The number of nitrogens with one attached hydrogen (secondary N) is 1. The minimum atomic E-state index is 0. The van der Waals surface area contributed by atoms with Crippen molar-refractivity contribution in [3.05, 3.63) is 18.5 Å². The topological polar surface area (TPSA) is 44.3 Å². The van der Waals surface area contributed by atoms with E-state index in [4.69, 9.17) is 0 Å². The van der Waals surface area contributed by atoms with Gasteiger partial charge in [-0.2, -0.15) is 0 Å². The average Bonchev–Trinajstić information content (AvgIpc) is 2.50. The van der Waals surface area contributed by atoms with Crippen LogP contribution >= 0.6 is 12.4 Å². The summed E-state index contributed by atoms with van der Waals surface area (Å²) in [5.74, 6) is 1.72. The molecule has 3 rings (SSSR count). The van der Waals surface area contributed by atoms with Crippen LogP contribution in [0.15, 0.2) is 18.5 Å². The van der Waals surface area contributed by atoms with Crippen LogP contribution in [0, 0.1) is 5.92 Å². The quantitative estimate of drug-likeness (QED) is 0.902.